The number of nitrogens with zero attached hydrogens (tertiary/aromatic N) is 1. The lowest BCUT2D eigenvalue weighted by Gasteiger charge is -2.29. The van der Waals surface area contributed by atoms with Crippen molar-refractivity contribution in [1.82, 2.24) is 0 Å². The second-order valence-corrected chi connectivity index (χ2v) is 8.19. The van der Waals surface area contributed by atoms with Crippen LogP contribution in [0.3, 0.4) is 0 Å². The fraction of sp³-hybridized carbons (Fsp3) is 0.538. The van der Waals surface area contributed by atoms with Gasteiger partial charge in [0.05, 0.1) is 17.6 Å². The summed E-state index contributed by atoms with van der Waals surface area (Å²) in [4.78, 5) is 1.97. The average molecular weight is 348 g/mol. The summed E-state index contributed by atoms with van der Waals surface area (Å²) in [5, 5.41) is 9.83. The molecule has 1 saturated heterocycles. The number of hydrogen-bond donors (Lipinski definition) is 1. The van der Waals surface area contributed by atoms with Crippen molar-refractivity contribution >= 4 is 31.5 Å². The molecule has 0 bridgehead atoms. The van der Waals surface area contributed by atoms with Crippen LogP contribution < -0.4 is 4.90 Å². The number of hydrogen-bond acceptors (Lipinski definition) is 4. The van der Waals surface area contributed by atoms with Gasteiger partial charge in [-0.3, -0.25) is 0 Å². The van der Waals surface area contributed by atoms with E-state index in [4.69, 9.17) is 0 Å². The van der Waals surface area contributed by atoms with Gasteiger partial charge in [0, 0.05) is 28.8 Å². The summed E-state index contributed by atoms with van der Waals surface area (Å²) < 4.78 is 24.1. The lowest BCUT2D eigenvalue weighted by molar-refractivity contribution is 0.199. The van der Waals surface area contributed by atoms with Gasteiger partial charge in [0.2, 0.25) is 0 Å². The molecule has 1 aliphatic heterocycles. The van der Waals surface area contributed by atoms with Crippen molar-refractivity contribution in [1.29, 1.82) is 0 Å². The molecule has 1 aliphatic rings. The van der Waals surface area contributed by atoms with E-state index in [2.05, 4.69) is 15.9 Å². The smallest absolute Gasteiger partial charge is 0.152 e. The second kappa shape index (κ2) is 5.42. The van der Waals surface area contributed by atoms with E-state index in [1.54, 1.807) is 6.92 Å². The summed E-state index contributed by atoms with van der Waals surface area (Å²) >= 11 is 3.42. The largest absolute Gasteiger partial charge is 0.389 e. The van der Waals surface area contributed by atoms with Crippen LogP contribution in [0.4, 0.5) is 5.69 Å². The first-order chi connectivity index (χ1) is 8.80. The zero-order chi connectivity index (χ0) is 14.2. The van der Waals surface area contributed by atoms with Crippen molar-refractivity contribution in [2.24, 2.45) is 0 Å². The highest BCUT2D eigenvalue weighted by Gasteiger charge is 2.31. The van der Waals surface area contributed by atoms with E-state index in [9.17, 15) is 13.5 Å². The Kier molecular flexibility index (Phi) is 4.23. The SMILES string of the molecule is CC(O)c1ccc(Br)cc1N(C)C1CCS(=O)(=O)C1. The fourth-order valence-electron chi connectivity index (χ4n) is 2.45. The molecular weight excluding hydrogens is 330 g/mol. The van der Waals surface area contributed by atoms with Crippen LogP contribution in [0.15, 0.2) is 22.7 Å². The molecule has 1 N–H and O–H groups in total. The molecule has 19 heavy (non-hydrogen) atoms. The molecule has 2 rings (SSSR count). The van der Waals surface area contributed by atoms with Crippen molar-refractivity contribution < 1.29 is 13.5 Å². The Bertz CT molecular complexity index is 571. The maximum atomic E-state index is 11.6. The maximum Gasteiger partial charge on any atom is 0.152 e. The molecular formula is C13H18BrNO3S. The predicted molar refractivity (Wildman–Crippen MR) is 80.2 cm³/mol. The Morgan fingerprint density at radius 3 is 2.68 bits per heavy atom. The number of rotatable bonds is 3. The molecule has 0 spiro atoms. The van der Waals surface area contributed by atoms with Gasteiger partial charge in [0.15, 0.2) is 9.84 Å². The first-order valence-electron chi connectivity index (χ1n) is 6.21. The zero-order valence-electron chi connectivity index (χ0n) is 11.0. The summed E-state index contributed by atoms with van der Waals surface area (Å²) in [6.07, 6.45) is 0.0634. The minimum atomic E-state index is -2.91. The lowest BCUT2D eigenvalue weighted by atomic mass is 10.1. The Labute approximate surface area is 122 Å². The molecule has 1 aromatic carbocycles. The standard InChI is InChI=1S/C13H18BrNO3S/c1-9(16)12-4-3-10(14)7-13(12)15(2)11-5-6-19(17,18)8-11/h3-4,7,9,11,16H,5-6,8H2,1-2H3. The van der Waals surface area contributed by atoms with E-state index in [1.165, 1.54) is 0 Å². The molecule has 1 heterocycles. The molecule has 0 aromatic heterocycles. The third kappa shape index (κ3) is 3.30. The highest BCUT2D eigenvalue weighted by Crippen LogP contribution is 2.32. The van der Waals surface area contributed by atoms with Crippen LogP contribution in [0.1, 0.15) is 25.0 Å². The number of anilines is 1. The minimum Gasteiger partial charge on any atom is -0.389 e. The van der Waals surface area contributed by atoms with Crippen LogP contribution in [0.5, 0.6) is 0 Å². The molecule has 1 aromatic rings. The van der Waals surface area contributed by atoms with E-state index in [-0.39, 0.29) is 17.5 Å². The first-order valence-corrected chi connectivity index (χ1v) is 8.82. The van der Waals surface area contributed by atoms with E-state index in [0.29, 0.717) is 6.42 Å². The molecule has 4 nitrogen and oxygen atoms in total. The summed E-state index contributed by atoms with van der Waals surface area (Å²) in [6.45, 7) is 1.71. The zero-order valence-corrected chi connectivity index (χ0v) is 13.4. The van der Waals surface area contributed by atoms with Gasteiger partial charge in [-0.1, -0.05) is 22.0 Å². The molecule has 2 atom stereocenters. The molecule has 2 unspecified atom stereocenters. The van der Waals surface area contributed by atoms with Gasteiger partial charge < -0.3 is 10.0 Å². The van der Waals surface area contributed by atoms with Crippen molar-refractivity contribution in [3.63, 3.8) is 0 Å². The van der Waals surface area contributed by atoms with Crippen LogP contribution in [0, 0.1) is 0 Å². The van der Waals surface area contributed by atoms with Crippen molar-refractivity contribution in [3.8, 4) is 0 Å². The van der Waals surface area contributed by atoms with Gasteiger partial charge in [-0.25, -0.2) is 8.42 Å². The van der Waals surface area contributed by atoms with Crippen LogP contribution >= 0.6 is 15.9 Å². The number of halogens is 1. The van der Waals surface area contributed by atoms with Crippen LogP contribution in [-0.2, 0) is 9.84 Å². The van der Waals surface area contributed by atoms with Gasteiger partial charge in [-0.05, 0) is 25.5 Å². The molecule has 0 saturated carbocycles. The molecule has 0 aliphatic carbocycles. The monoisotopic (exact) mass is 347 g/mol. The van der Waals surface area contributed by atoms with Crippen molar-refractivity contribution in [3.05, 3.63) is 28.2 Å². The average Bonchev–Trinajstić information content (AvgIpc) is 2.68. The summed E-state index contributed by atoms with van der Waals surface area (Å²) in [5.41, 5.74) is 1.70. The lowest BCUT2D eigenvalue weighted by Crippen LogP contribution is -2.33. The second-order valence-electron chi connectivity index (χ2n) is 5.05. The number of sulfone groups is 1. The molecule has 1 fully saturated rings. The first kappa shape index (κ1) is 14.8. The van der Waals surface area contributed by atoms with Crippen LogP contribution in [0.2, 0.25) is 0 Å². The summed E-state index contributed by atoms with van der Waals surface area (Å²) in [6, 6.07) is 5.65. The van der Waals surface area contributed by atoms with Gasteiger partial charge in [0.1, 0.15) is 0 Å². The van der Waals surface area contributed by atoms with Gasteiger partial charge in [0.25, 0.3) is 0 Å². The third-order valence-corrected chi connectivity index (χ3v) is 5.82. The molecule has 106 valence electrons. The molecule has 0 amide bonds. The Morgan fingerprint density at radius 1 is 1.47 bits per heavy atom. The normalized spacial score (nSPS) is 23.3. The topological polar surface area (TPSA) is 57.6 Å². The van der Waals surface area contributed by atoms with Gasteiger partial charge in [-0.15, -0.1) is 0 Å². The van der Waals surface area contributed by atoms with E-state index in [0.717, 1.165) is 15.7 Å². The fourth-order valence-corrected chi connectivity index (χ4v) is 4.58. The highest BCUT2D eigenvalue weighted by molar-refractivity contribution is 9.10. The summed E-state index contributed by atoms with van der Waals surface area (Å²) in [7, 11) is -1.02. The Hall–Kier alpha value is -0.590. The molecule has 0 radical (unpaired) electrons. The number of benzene rings is 1. The van der Waals surface area contributed by atoms with E-state index < -0.39 is 15.9 Å². The van der Waals surface area contributed by atoms with Gasteiger partial charge in [-0.2, -0.15) is 0 Å². The quantitative estimate of drug-likeness (QED) is 0.909. The minimum absolute atomic E-state index is 0.0169. The van der Waals surface area contributed by atoms with Gasteiger partial charge >= 0.3 is 0 Å². The van der Waals surface area contributed by atoms with E-state index in [1.807, 2.05) is 30.1 Å². The number of aliphatic hydroxyl groups is 1. The Balaban J connectivity index is 2.33. The maximum absolute atomic E-state index is 11.6. The summed E-state index contributed by atoms with van der Waals surface area (Å²) in [5.74, 6) is 0.440. The Morgan fingerprint density at radius 2 is 2.16 bits per heavy atom. The van der Waals surface area contributed by atoms with Crippen molar-refractivity contribution in [2.45, 2.75) is 25.5 Å². The predicted octanol–water partition coefficient (Wildman–Crippen LogP) is 2.13. The van der Waals surface area contributed by atoms with Crippen molar-refractivity contribution in [2.75, 3.05) is 23.5 Å². The highest BCUT2D eigenvalue weighted by atomic mass is 79.9. The van der Waals surface area contributed by atoms with Crippen LogP contribution in [0.25, 0.3) is 0 Å². The third-order valence-electron chi connectivity index (χ3n) is 3.58. The number of aliphatic hydroxyl groups excluding tert-OH is 1. The molecule has 6 heteroatoms. The van der Waals surface area contributed by atoms with E-state index >= 15 is 0 Å². The van der Waals surface area contributed by atoms with Crippen LogP contribution in [-0.4, -0.2) is 38.1 Å².